The largest absolute Gasteiger partial charge is 0.389 e. The molecular weight excluding hydrogens is 256 g/mol. The minimum absolute atomic E-state index is 0.257. The lowest BCUT2D eigenvalue weighted by Crippen LogP contribution is -2.00. The second-order valence-corrected chi connectivity index (χ2v) is 6.71. The highest BCUT2D eigenvalue weighted by Crippen LogP contribution is 2.45. The zero-order valence-electron chi connectivity index (χ0n) is 14.3. The Morgan fingerprint density at radius 1 is 0.952 bits per heavy atom. The Labute approximate surface area is 132 Å². The van der Waals surface area contributed by atoms with Crippen molar-refractivity contribution in [1.29, 1.82) is 0 Å². The first-order chi connectivity index (χ1) is 10.3. The molecule has 1 heteroatoms. The second kappa shape index (κ2) is 12.0. The predicted molar refractivity (Wildman–Crippen MR) is 93.4 cm³/mol. The van der Waals surface area contributed by atoms with E-state index in [0.717, 1.165) is 24.7 Å². The van der Waals surface area contributed by atoms with Crippen molar-refractivity contribution in [3.05, 3.63) is 24.3 Å². The normalized spacial score (nSPS) is 23.2. The molecule has 1 N–H and O–H groups in total. The number of aliphatic hydroxyl groups is 1. The molecule has 3 atom stereocenters. The number of rotatable bonds is 13. The van der Waals surface area contributed by atoms with E-state index in [1.54, 1.807) is 0 Å². The molecule has 0 aliphatic heterocycles. The molecule has 0 bridgehead atoms. The lowest BCUT2D eigenvalue weighted by Gasteiger charge is -2.03. The first-order valence-electron chi connectivity index (χ1n) is 9.29. The highest BCUT2D eigenvalue weighted by molar-refractivity contribution is 5.05. The molecule has 3 unspecified atom stereocenters. The SMILES string of the molecule is CCCCCC(O)/C=C/C=C/CCC1CC1CCCCC. The van der Waals surface area contributed by atoms with Crippen molar-refractivity contribution in [3.8, 4) is 0 Å². The molecule has 1 aliphatic carbocycles. The number of aliphatic hydroxyl groups excluding tert-OH is 1. The van der Waals surface area contributed by atoms with Gasteiger partial charge in [0.05, 0.1) is 6.10 Å². The summed E-state index contributed by atoms with van der Waals surface area (Å²) in [6.07, 6.45) is 22.2. The van der Waals surface area contributed by atoms with Crippen LogP contribution in [0.25, 0.3) is 0 Å². The average molecular weight is 293 g/mol. The molecule has 0 aromatic carbocycles. The van der Waals surface area contributed by atoms with Crippen LogP contribution < -0.4 is 0 Å². The Kier molecular flexibility index (Phi) is 10.6. The number of allylic oxidation sites excluding steroid dienone is 3. The smallest absolute Gasteiger partial charge is 0.0723 e. The van der Waals surface area contributed by atoms with Crippen LogP contribution in [0.4, 0.5) is 0 Å². The van der Waals surface area contributed by atoms with Gasteiger partial charge in [-0.1, -0.05) is 83.1 Å². The van der Waals surface area contributed by atoms with Crippen molar-refractivity contribution in [2.75, 3.05) is 0 Å². The van der Waals surface area contributed by atoms with Gasteiger partial charge in [-0.25, -0.2) is 0 Å². The van der Waals surface area contributed by atoms with E-state index in [0.29, 0.717) is 0 Å². The van der Waals surface area contributed by atoms with E-state index in [2.05, 4.69) is 26.0 Å². The molecule has 0 saturated heterocycles. The summed E-state index contributed by atoms with van der Waals surface area (Å²) in [6.45, 7) is 4.47. The van der Waals surface area contributed by atoms with Crippen LogP contribution in [0.5, 0.6) is 0 Å². The van der Waals surface area contributed by atoms with Crippen molar-refractivity contribution >= 4 is 0 Å². The zero-order valence-corrected chi connectivity index (χ0v) is 14.3. The molecule has 1 nitrogen and oxygen atoms in total. The van der Waals surface area contributed by atoms with Gasteiger partial charge in [0.2, 0.25) is 0 Å². The molecule has 1 aliphatic rings. The molecule has 122 valence electrons. The Hall–Kier alpha value is -0.560. The maximum Gasteiger partial charge on any atom is 0.0723 e. The summed E-state index contributed by atoms with van der Waals surface area (Å²) in [4.78, 5) is 0. The molecule has 0 aromatic heterocycles. The van der Waals surface area contributed by atoms with Crippen molar-refractivity contribution in [2.24, 2.45) is 11.8 Å². The van der Waals surface area contributed by atoms with Gasteiger partial charge in [0, 0.05) is 0 Å². The van der Waals surface area contributed by atoms with E-state index in [4.69, 9.17) is 0 Å². The van der Waals surface area contributed by atoms with E-state index in [1.165, 1.54) is 57.8 Å². The predicted octanol–water partition coefficient (Wildman–Crippen LogP) is 6.04. The minimum Gasteiger partial charge on any atom is -0.389 e. The maximum atomic E-state index is 9.75. The molecule has 0 amide bonds. The maximum absolute atomic E-state index is 9.75. The molecule has 0 radical (unpaired) electrons. The van der Waals surface area contributed by atoms with Gasteiger partial charge in [-0.15, -0.1) is 0 Å². The third-order valence-electron chi connectivity index (χ3n) is 4.64. The Bertz CT molecular complexity index is 292. The quantitative estimate of drug-likeness (QED) is 0.324. The first kappa shape index (κ1) is 18.5. The minimum atomic E-state index is -0.257. The van der Waals surface area contributed by atoms with Crippen LogP contribution in [0.2, 0.25) is 0 Å². The summed E-state index contributed by atoms with van der Waals surface area (Å²) in [5.41, 5.74) is 0. The first-order valence-corrected chi connectivity index (χ1v) is 9.29. The highest BCUT2D eigenvalue weighted by Gasteiger charge is 2.34. The molecule has 0 spiro atoms. The van der Waals surface area contributed by atoms with Gasteiger partial charge in [0.15, 0.2) is 0 Å². The van der Waals surface area contributed by atoms with E-state index < -0.39 is 0 Å². The Morgan fingerprint density at radius 2 is 1.67 bits per heavy atom. The van der Waals surface area contributed by atoms with Crippen LogP contribution in [0, 0.1) is 11.8 Å². The van der Waals surface area contributed by atoms with E-state index in [-0.39, 0.29) is 6.10 Å². The fraction of sp³-hybridized carbons (Fsp3) is 0.800. The third-order valence-corrected chi connectivity index (χ3v) is 4.64. The van der Waals surface area contributed by atoms with Crippen molar-refractivity contribution in [2.45, 2.75) is 90.6 Å². The van der Waals surface area contributed by atoms with Crippen LogP contribution >= 0.6 is 0 Å². The zero-order chi connectivity index (χ0) is 15.3. The van der Waals surface area contributed by atoms with Crippen LogP contribution in [-0.4, -0.2) is 11.2 Å². The van der Waals surface area contributed by atoms with Crippen molar-refractivity contribution < 1.29 is 5.11 Å². The topological polar surface area (TPSA) is 20.2 Å². The molecule has 1 saturated carbocycles. The third kappa shape index (κ3) is 9.90. The lowest BCUT2D eigenvalue weighted by molar-refractivity contribution is 0.208. The summed E-state index contributed by atoms with van der Waals surface area (Å²) in [6, 6.07) is 0. The second-order valence-electron chi connectivity index (χ2n) is 6.71. The molecule has 0 aromatic rings. The molecule has 21 heavy (non-hydrogen) atoms. The monoisotopic (exact) mass is 292 g/mol. The van der Waals surface area contributed by atoms with Gasteiger partial charge >= 0.3 is 0 Å². The Balaban J connectivity index is 1.95. The molecule has 0 heterocycles. The number of hydrogen-bond acceptors (Lipinski definition) is 1. The summed E-state index contributed by atoms with van der Waals surface area (Å²) < 4.78 is 0. The summed E-state index contributed by atoms with van der Waals surface area (Å²) in [5.74, 6) is 2.05. The summed E-state index contributed by atoms with van der Waals surface area (Å²) in [5, 5.41) is 9.75. The molecular formula is C20H36O. The van der Waals surface area contributed by atoms with Crippen molar-refractivity contribution in [1.82, 2.24) is 0 Å². The summed E-state index contributed by atoms with van der Waals surface area (Å²) >= 11 is 0. The summed E-state index contributed by atoms with van der Waals surface area (Å²) in [7, 11) is 0. The van der Waals surface area contributed by atoms with Crippen LogP contribution in [0.3, 0.4) is 0 Å². The number of hydrogen-bond donors (Lipinski definition) is 1. The van der Waals surface area contributed by atoms with E-state index in [1.807, 2.05) is 12.2 Å². The van der Waals surface area contributed by atoms with Crippen LogP contribution in [-0.2, 0) is 0 Å². The van der Waals surface area contributed by atoms with Gasteiger partial charge in [0.1, 0.15) is 0 Å². The van der Waals surface area contributed by atoms with Gasteiger partial charge in [0.25, 0.3) is 0 Å². The molecule has 1 fully saturated rings. The fourth-order valence-electron chi connectivity index (χ4n) is 3.05. The fourth-order valence-corrected chi connectivity index (χ4v) is 3.05. The van der Waals surface area contributed by atoms with Gasteiger partial charge < -0.3 is 5.11 Å². The van der Waals surface area contributed by atoms with E-state index in [9.17, 15) is 5.11 Å². The van der Waals surface area contributed by atoms with Crippen LogP contribution in [0.1, 0.15) is 84.5 Å². The van der Waals surface area contributed by atoms with Crippen LogP contribution in [0.15, 0.2) is 24.3 Å². The van der Waals surface area contributed by atoms with E-state index >= 15 is 0 Å². The van der Waals surface area contributed by atoms with Gasteiger partial charge in [-0.3, -0.25) is 0 Å². The Morgan fingerprint density at radius 3 is 2.43 bits per heavy atom. The average Bonchev–Trinajstić information content (AvgIpc) is 3.22. The number of unbranched alkanes of at least 4 members (excludes halogenated alkanes) is 4. The lowest BCUT2D eigenvalue weighted by atomic mass is 10.1. The van der Waals surface area contributed by atoms with Crippen molar-refractivity contribution in [3.63, 3.8) is 0 Å². The standard InChI is InChI=1S/C20H36O/c1-3-5-9-13-18-17-19(18)14-11-7-8-12-16-20(21)15-10-6-4-2/h7-8,12,16,18-21H,3-6,9-11,13-15,17H2,1-2H3/b8-7+,16-12+. The molecule has 1 rings (SSSR count). The van der Waals surface area contributed by atoms with Gasteiger partial charge in [-0.2, -0.15) is 0 Å². The highest BCUT2D eigenvalue weighted by atomic mass is 16.3. The van der Waals surface area contributed by atoms with Gasteiger partial charge in [-0.05, 0) is 37.5 Å².